The Kier molecular flexibility index (Phi) is 5.66. The molecule has 1 aliphatic rings. The molecule has 1 saturated carbocycles. The van der Waals surface area contributed by atoms with Gasteiger partial charge in [0.25, 0.3) is 0 Å². The summed E-state index contributed by atoms with van der Waals surface area (Å²) >= 11 is 0. The number of benzene rings is 2. The van der Waals surface area contributed by atoms with Crippen molar-refractivity contribution in [3.63, 3.8) is 0 Å². The van der Waals surface area contributed by atoms with Crippen LogP contribution in [-0.4, -0.2) is 28.5 Å². The number of nitrogens with one attached hydrogen (secondary N) is 1. The molecule has 8 heteroatoms. The Morgan fingerprint density at radius 1 is 1.18 bits per heavy atom. The van der Waals surface area contributed by atoms with E-state index in [-0.39, 0.29) is 11.7 Å². The zero-order chi connectivity index (χ0) is 23.9. The quantitative estimate of drug-likeness (QED) is 0.384. The third-order valence-corrected chi connectivity index (χ3v) is 7.95. The van der Waals surface area contributed by atoms with Crippen molar-refractivity contribution in [2.45, 2.75) is 39.2 Å². The molecule has 34 heavy (non-hydrogen) atoms. The first-order chi connectivity index (χ1) is 16.4. The van der Waals surface area contributed by atoms with Crippen molar-refractivity contribution in [2.75, 3.05) is 10.5 Å². The molecule has 5 rings (SSSR count). The van der Waals surface area contributed by atoms with Gasteiger partial charge in [0, 0.05) is 29.5 Å². The first-order valence-electron chi connectivity index (χ1n) is 11.6. The average Bonchev–Trinajstić information content (AvgIpc) is 3.38. The molecule has 1 fully saturated rings. The lowest BCUT2D eigenvalue weighted by atomic mass is 9.92. The molecule has 0 aliphatic heterocycles. The van der Waals surface area contributed by atoms with Gasteiger partial charge in [0.2, 0.25) is 10.0 Å². The highest BCUT2D eigenvalue weighted by Gasteiger charge is 2.28. The van der Waals surface area contributed by atoms with Crippen molar-refractivity contribution in [1.29, 1.82) is 5.26 Å². The summed E-state index contributed by atoms with van der Waals surface area (Å²) in [7, 11) is -3.40. The summed E-state index contributed by atoms with van der Waals surface area (Å²) < 4.78 is 31.4. The number of fused-ring (bicyclic) bond motifs is 1. The SMILES string of the molecule is CC(C)CS(=O)(=O)Nc1ccc(-c2c(C#N)c3ccc(-n4cccn4)cc3n2C2CCC2)cc1. The summed E-state index contributed by atoms with van der Waals surface area (Å²) in [6.07, 6.45) is 6.96. The molecular formula is C26H27N5O2S. The molecule has 7 nitrogen and oxygen atoms in total. The first kappa shape index (κ1) is 22.2. The summed E-state index contributed by atoms with van der Waals surface area (Å²) in [4.78, 5) is 0. The highest BCUT2D eigenvalue weighted by Crippen LogP contribution is 2.43. The largest absolute Gasteiger partial charge is 0.336 e. The van der Waals surface area contributed by atoms with E-state index in [4.69, 9.17) is 0 Å². The van der Waals surface area contributed by atoms with Gasteiger partial charge in [-0.3, -0.25) is 4.72 Å². The average molecular weight is 474 g/mol. The second-order valence-corrected chi connectivity index (χ2v) is 11.1. The number of aromatic nitrogens is 3. The van der Waals surface area contributed by atoms with Gasteiger partial charge in [-0.1, -0.05) is 26.0 Å². The predicted molar refractivity (Wildman–Crippen MR) is 134 cm³/mol. The fourth-order valence-corrected chi connectivity index (χ4v) is 6.10. The predicted octanol–water partition coefficient (Wildman–Crippen LogP) is 5.49. The number of sulfonamides is 1. The maximum Gasteiger partial charge on any atom is 0.232 e. The van der Waals surface area contributed by atoms with Gasteiger partial charge in [-0.05, 0) is 67.1 Å². The van der Waals surface area contributed by atoms with Crippen molar-refractivity contribution in [3.8, 4) is 23.0 Å². The van der Waals surface area contributed by atoms with Crippen molar-refractivity contribution in [2.24, 2.45) is 5.92 Å². The molecule has 0 amide bonds. The molecule has 0 unspecified atom stereocenters. The maximum absolute atomic E-state index is 12.3. The normalized spacial score (nSPS) is 14.3. The van der Waals surface area contributed by atoms with Gasteiger partial charge < -0.3 is 4.57 Å². The Morgan fingerprint density at radius 3 is 2.53 bits per heavy atom. The molecule has 2 aromatic heterocycles. The van der Waals surface area contributed by atoms with Gasteiger partial charge in [-0.25, -0.2) is 13.1 Å². The van der Waals surface area contributed by atoms with Crippen LogP contribution >= 0.6 is 0 Å². The lowest BCUT2D eigenvalue weighted by molar-refractivity contribution is 0.324. The van der Waals surface area contributed by atoms with Crippen LogP contribution in [0.15, 0.2) is 60.9 Å². The molecule has 0 atom stereocenters. The molecule has 0 spiro atoms. The fraction of sp³-hybridized carbons (Fsp3) is 0.308. The summed E-state index contributed by atoms with van der Waals surface area (Å²) in [5, 5.41) is 15.4. The van der Waals surface area contributed by atoms with Crippen LogP contribution in [0.1, 0.15) is 44.7 Å². The van der Waals surface area contributed by atoms with Gasteiger partial charge >= 0.3 is 0 Å². The van der Waals surface area contributed by atoms with Crippen LogP contribution in [0.3, 0.4) is 0 Å². The lowest BCUT2D eigenvalue weighted by Gasteiger charge is -2.30. The van der Waals surface area contributed by atoms with E-state index in [1.165, 1.54) is 6.42 Å². The second kappa shape index (κ2) is 8.65. The molecule has 0 bridgehead atoms. The number of nitrogens with zero attached hydrogens (tertiary/aromatic N) is 4. The molecule has 2 heterocycles. The monoisotopic (exact) mass is 473 g/mol. The van der Waals surface area contributed by atoms with Crippen LogP contribution in [0.4, 0.5) is 5.69 Å². The number of hydrogen-bond donors (Lipinski definition) is 1. The van der Waals surface area contributed by atoms with Gasteiger partial charge in [0.05, 0.1) is 28.2 Å². The maximum atomic E-state index is 12.3. The molecule has 4 aromatic rings. The third-order valence-electron chi connectivity index (χ3n) is 6.29. The zero-order valence-electron chi connectivity index (χ0n) is 19.3. The van der Waals surface area contributed by atoms with Crippen LogP contribution in [0, 0.1) is 17.2 Å². The Bertz CT molecular complexity index is 1470. The molecule has 0 radical (unpaired) electrons. The van der Waals surface area contributed by atoms with Crippen LogP contribution in [0.2, 0.25) is 0 Å². The standard InChI is InChI=1S/C26H27N5O2S/c1-18(2)17-34(32,33)29-20-9-7-19(8-10-20)26-24(16-27)23-12-11-22(30-14-4-13-28-30)15-25(23)31(26)21-5-3-6-21/h4,7-15,18,21,29H,3,5-6,17H2,1-2H3. The van der Waals surface area contributed by atoms with Crippen LogP contribution < -0.4 is 4.72 Å². The molecular weight excluding hydrogens is 446 g/mol. The Morgan fingerprint density at radius 2 is 1.94 bits per heavy atom. The smallest absolute Gasteiger partial charge is 0.232 e. The highest BCUT2D eigenvalue weighted by atomic mass is 32.2. The third kappa shape index (κ3) is 4.08. The van der Waals surface area contributed by atoms with E-state index in [1.807, 2.05) is 55.1 Å². The fourth-order valence-electron chi connectivity index (χ4n) is 4.64. The van der Waals surface area contributed by atoms with Crippen LogP contribution in [-0.2, 0) is 10.0 Å². The summed E-state index contributed by atoms with van der Waals surface area (Å²) in [6, 6.07) is 18.1. The van der Waals surface area contributed by atoms with Crippen LogP contribution in [0.25, 0.3) is 27.8 Å². The molecule has 1 N–H and O–H groups in total. The van der Waals surface area contributed by atoms with Crippen molar-refractivity contribution in [3.05, 3.63) is 66.5 Å². The zero-order valence-corrected chi connectivity index (χ0v) is 20.1. The van der Waals surface area contributed by atoms with E-state index in [0.717, 1.165) is 40.7 Å². The number of hydrogen-bond acceptors (Lipinski definition) is 4. The molecule has 2 aromatic carbocycles. The number of rotatable bonds is 7. The molecule has 0 saturated heterocycles. The van der Waals surface area contributed by atoms with Gasteiger partial charge in [0.15, 0.2) is 0 Å². The minimum atomic E-state index is -3.40. The van der Waals surface area contributed by atoms with Crippen molar-refractivity contribution in [1.82, 2.24) is 14.3 Å². The van der Waals surface area contributed by atoms with Gasteiger partial charge in [-0.15, -0.1) is 0 Å². The van der Waals surface area contributed by atoms with E-state index in [2.05, 4.69) is 26.5 Å². The van der Waals surface area contributed by atoms with Gasteiger partial charge in [-0.2, -0.15) is 10.4 Å². The van der Waals surface area contributed by atoms with E-state index in [0.29, 0.717) is 17.3 Å². The highest BCUT2D eigenvalue weighted by molar-refractivity contribution is 7.92. The minimum Gasteiger partial charge on any atom is -0.336 e. The lowest BCUT2D eigenvalue weighted by Crippen LogP contribution is -2.20. The number of nitriles is 1. The topological polar surface area (TPSA) is 92.7 Å². The first-order valence-corrected chi connectivity index (χ1v) is 13.2. The molecule has 1 aliphatic carbocycles. The number of anilines is 1. The second-order valence-electron chi connectivity index (χ2n) is 9.30. The Labute approximate surface area is 199 Å². The van der Waals surface area contributed by atoms with E-state index in [9.17, 15) is 13.7 Å². The summed E-state index contributed by atoms with van der Waals surface area (Å²) in [5.74, 6) is 0.113. The molecule has 174 valence electrons. The van der Waals surface area contributed by atoms with Crippen molar-refractivity contribution < 1.29 is 8.42 Å². The van der Waals surface area contributed by atoms with Gasteiger partial charge in [0.1, 0.15) is 6.07 Å². The Balaban J connectivity index is 1.61. The van der Waals surface area contributed by atoms with E-state index in [1.54, 1.807) is 18.3 Å². The van der Waals surface area contributed by atoms with Crippen LogP contribution in [0.5, 0.6) is 0 Å². The summed E-state index contributed by atoms with van der Waals surface area (Å²) in [6.45, 7) is 3.76. The van der Waals surface area contributed by atoms with E-state index >= 15 is 0 Å². The van der Waals surface area contributed by atoms with Crippen molar-refractivity contribution >= 4 is 26.6 Å². The van der Waals surface area contributed by atoms with E-state index < -0.39 is 10.0 Å². The minimum absolute atomic E-state index is 0.0415. The Hall–Kier alpha value is -3.57. The summed E-state index contributed by atoms with van der Waals surface area (Å²) in [5.41, 5.74) is 4.91.